The predicted octanol–water partition coefficient (Wildman–Crippen LogP) is 4.63. The topological polar surface area (TPSA) is 107 Å². The Morgan fingerprint density at radius 2 is 2.03 bits per heavy atom. The summed E-state index contributed by atoms with van der Waals surface area (Å²) in [4.78, 5) is 22.7. The molecule has 1 aliphatic carbocycles. The van der Waals surface area contributed by atoms with Crippen molar-refractivity contribution in [2.45, 2.75) is 51.0 Å². The van der Waals surface area contributed by atoms with E-state index in [1.807, 2.05) is 31.2 Å². The Labute approximate surface area is 198 Å². The van der Waals surface area contributed by atoms with Crippen molar-refractivity contribution in [3.05, 3.63) is 88.0 Å². The molecule has 2 aromatic carbocycles. The van der Waals surface area contributed by atoms with Crippen molar-refractivity contribution < 1.29 is 9.18 Å². The highest BCUT2D eigenvalue weighted by atomic mass is 19.1. The fraction of sp³-hybridized carbons (Fsp3) is 0.296. The Hall–Kier alpha value is -3.58. The van der Waals surface area contributed by atoms with Crippen LogP contribution in [0.4, 0.5) is 16.0 Å². The van der Waals surface area contributed by atoms with E-state index >= 15 is 0 Å². The number of nitrogens with one attached hydrogen (secondary N) is 1. The maximum atomic E-state index is 14.1. The Kier molecular flexibility index (Phi) is 5.44. The normalized spacial score (nSPS) is 21.7. The number of carbonyl (C=O) groups excluding carboxylic acids is 1. The zero-order chi connectivity index (χ0) is 24.0. The van der Waals surface area contributed by atoms with Gasteiger partial charge in [0.25, 0.3) is 0 Å². The summed E-state index contributed by atoms with van der Waals surface area (Å²) >= 11 is 0. The van der Waals surface area contributed by atoms with Crippen LogP contribution in [0, 0.1) is 5.82 Å². The minimum absolute atomic E-state index is 0.207. The average Bonchev–Trinajstić information content (AvgIpc) is 3.09. The lowest BCUT2D eigenvalue weighted by molar-refractivity contribution is -0.119. The average molecular weight is 458 g/mol. The molecular weight excluding hydrogens is 429 g/mol. The summed E-state index contributed by atoms with van der Waals surface area (Å²) in [7, 11) is 0. The van der Waals surface area contributed by atoms with Crippen molar-refractivity contribution in [2.75, 3.05) is 11.1 Å². The van der Waals surface area contributed by atoms with Gasteiger partial charge in [-0.25, -0.2) is 14.4 Å². The predicted molar refractivity (Wildman–Crippen MR) is 132 cm³/mol. The first-order valence-corrected chi connectivity index (χ1v) is 11.6. The van der Waals surface area contributed by atoms with Crippen molar-refractivity contribution >= 4 is 23.1 Å². The van der Waals surface area contributed by atoms with E-state index in [1.54, 1.807) is 12.1 Å². The fourth-order valence-electron chi connectivity index (χ4n) is 5.15. The number of anilines is 2. The molecule has 1 aromatic heterocycles. The maximum Gasteiger partial charge on any atom is 0.240 e. The molecule has 1 aliphatic heterocycles. The van der Waals surface area contributed by atoms with Crippen LogP contribution in [0.5, 0.6) is 0 Å². The molecule has 2 atom stereocenters. The van der Waals surface area contributed by atoms with E-state index in [9.17, 15) is 9.18 Å². The molecule has 34 heavy (non-hydrogen) atoms. The summed E-state index contributed by atoms with van der Waals surface area (Å²) in [5, 5.41) is 2.93. The van der Waals surface area contributed by atoms with Gasteiger partial charge in [-0.3, -0.25) is 4.79 Å². The SMILES string of the molecule is CC1CCCC=C(c2nc(N)c3c(n2)NC(=O)C3(C)c2cccc(CN)c2)c2ccc(F)cc21. The quantitative estimate of drug-likeness (QED) is 0.531. The molecule has 6 nitrogen and oxygen atoms in total. The van der Waals surface area contributed by atoms with E-state index in [-0.39, 0.29) is 23.5 Å². The number of hydrogen-bond donors (Lipinski definition) is 3. The van der Waals surface area contributed by atoms with Gasteiger partial charge in [-0.1, -0.05) is 43.3 Å². The second-order valence-electron chi connectivity index (χ2n) is 9.32. The number of nitrogens with zero attached hydrogens (tertiary/aromatic N) is 2. The Morgan fingerprint density at radius 3 is 2.82 bits per heavy atom. The van der Waals surface area contributed by atoms with Gasteiger partial charge in [-0.05, 0) is 66.5 Å². The van der Waals surface area contributed by atoms with E-state index in [1.165, 1.54) is 6.07 Å². The summed E-state index contributed by atoms with van der Waals surface area (Å²) in [5.74, 6) is 0.823. The third kappa shape index (κ3) is 3.47. The maximum absolute atomic E-state index is 14.1. The minimum atomic E-state index is -1.03. The number of carbonyl (C=O) groups is 1. The second kappa shape index (κ2) is 8.33. The third-order valence-corrected chi connectivity index (χ3v) is 7.13. The highest BCUT2D eigenvalue weighted by Gasteiger charge is 2.47. The van der Waals surface area contributed by atoms with Crippen molar-refractivity contribution in [3.63, 3.8) is 0 Å². The molecular formula is C27H28FN5O. The first-order valence-electron chi connectivity index (χ1n) is 11.6. The van der Waals surface area contributed by atoms with Crippen LogP contribution < -0.4 is 16.8 Å². The summed E-state index contributed by atoms with van der Waals surface area (Å²) in [6, 6.07) is 12.5. The van der Waals surface area contributed by atoms with Gasteiger partial charge < -0.3 is 16.8 Å². The molecule has 0 saturated carbocycles. The van der Waals surface area contributed by atoms with Crippen LogP contribution in [-0.4, -0.2) is 15.9 Å². The number of hydrogen-bond acceptors (Lipinski definition) is 5. The summed E-state index contributed by atoms with van der Waals surface area (Å²) in [6.07, 6.45) is 4.90. The highest BCUT2D eigenvalue weighted by molar-refractivity contribution is 6.09. The van der Waals surface area contributed by atoms with Gasteiger partial charge in [0.1, 0.15) is 22.9 Å². The molecule has 1 amide bonds. The Balaban J connectivity index is 1.66. The summed E-state index contributed by atoms with van der Waals surface area (Å²) in [6.45, 7) is 4.31. The molecule has 0 saturated heterocycles. The fourth-order valence-corrected chi connectivity index (χ4v) is 5.15. The summed E-state index contributed by atoms with van der Waals surface area (Å²) < 4.78 is 14.1. The van der Waals surface area contributed by atoms with Crippen molar-refractivity contribution in [1.82, 2.24) is 9.97 Å². The number of nitrogens with two attached hydrogens (primary N) is 2. The Morgan fingerprint density at radius 1 is 1.21 bits per heavy atom. The number of aromatic nitrogens is 2. The highest BCUT2D eigenvalue weighted by Crippen LogP contribution is 2.45. The molecule has 0 fully saturated rings. The number of allylic oxidation sites excluding steroid dienone is 1. The van der Waals surface area contributed by atoms with Gasteiger partial charge in [0.05, 0.1) is 5.56 Å². The zero-order valence-electron chi connectivity index (χ0n) is 19.4. The van der Waals surface area contributed by atoms with Crippen LogP contribution in [0.1, 0.15) is 72.7 Å². The van der Waals surface area contributed by atoms with Crippen LogP contribution in [0.2, 0.25) is 0 Å². The zero-order valence-corrected chi connectivity index (χ0v) is 19.4. The lowest BCUT2D eigenvalue weighted by Crippen LogP contribution is -2.33. The number of halogens is 1. The van der Waals surface area contributed by atoms with E-state index < -0.39 is 5.41 Å². The van der Waals surface area contributed by atoms with Crippen LogP contribution in [0.3, 0.4) is 0 Å². The van der Waals surface area contributed by atoms with E-state index in [0.717, 1.165) is 47.1 Å². The molecule has 174 valence electrons. The van der Waals surface area contributed by atoms with Crippen molar-refractivity contribution in [3.8, 4) is 0 Å². The number of amides is 1. The first-order chi connectivity index (χ1) is 16.3. The lowest BCUT2D eigenvalue weighted by atomic mass is 9.77. The molecule has 0 spiro atoms. The molecule has 5 rings (SSSR count). The van der Waals surface area contributed by atoms with E-state index in [0.29, 0.717) is 23.8 Å². The van der Waals surface area contributed by atoms with Crippen molar-refractivity contribution in [2.24, 2.45) is 5.73 Å². The van der Waals surface area contributed by atoms with Crippen LogP contribution in [0.15, 0.2) is 48.5 Å². The lowest BCUT2D eigenvalue weighted by Gasteiger charge is -2.24. The van der Waals surface area contributed by atoms with Gasteiger partial charge in [0.2, 0.25) is 5.91 Å². The molecule has 7 heteroatoms. The monoisotopic (exact) mass is 457 g/mol. The van der Waals surface area contributed by atoms with Gasteiger partial charge in [-0.2, -0.15) is 0 Å². The molecule has 3 aromatic rings. The standard InChI is InChI=1S/C27H28FN5O/c1-15-6-3-4-9-20(19-11-10-18(28)13-21(15)19)24-31-23(30)22-25(32-24)33-26(34)27(22,2)17-8-5-7-16(12-17)14-29/h5,7-13,15H,3-4,6,14,29H2,1-2H3,(H3,30,31,32,33,34). The van der Waals surface area contributed by atoms with Crippen LogP contribution >= 0.6 is 0 Å². The van der Waals surface area contributed by atoms with Gasteiger partial charge in [0, 0.05) is 12.1 Å². The largest absolute Gasteiger partial charge is 0.383 e. The smallest absolute Gasteiger partial charge is 0.240 e. The van der Waals surface area contributed by atoms with Gasteiger partial charge in [0.15, 0.2) is 5.82 Å². The summed E-state index contributed by atoms with van der Waals surface area (Å²) in [5.41, 5.74) is 16.2. The molecule has 0 radical (unpaired) electrons. The third-order valence-electron chi connectivity index (χ3n) is 7.13. The molecule has 2 unspecified atom stereocenters. The first kappa shape index (κ1) is 22.2. The van der Waals surface area contributed by atoms with Gasteiger partial charge in [-0.15, -0.1) is 0 Å². The number of rotatable bonds is 3. The van der Waals surface area contributed by atoms with E-state index in [2.05, 4.69) is 23.3 Å². The van der Waals surface area contributed by atoms with Gasteiger partial charge >= 0.3 is 0 Å². The number of fused-ring (bicyclic) bond motifs is 2. The molecule has 5 N–H and O–H groups in total. The molecule has 2 heterocycles. The van der Waals surface area contributed by atoms with E-state index in [4.69, 9.17) is 16.5 Å². The van der Waals surface area contributed by atoms with Crippen LogP contribution in [-0.2, 0) is 16.8 Å². The minimum Gasteiger partial charge on any atom is -0.383 e. The Bertz CT molecular complexity index is 1330. The van der Waals surface area contributed by atoms with Crippen LogP contribution in [0.25, 0.3) is 5.57 Å². The second-order valence-corrected chi connectivity index (χ2v) is 9.32. The number of nitrogen functional groups attached to an aromatic ring is 1. The molecule has 0 bridgehead atoms. The van der Waals surface area contributed by atoms with Crippen molar-refractivity contribution in [1.29, 1.82) is 0 Å². The molecule has 2 aliphatic rings. The number of benzene rings is 2.